The van der Waals surface area contributed by atoms with Crippen LogP contribution >= 0.6 is 11.6 Å². The fourth-order valence-corrected chi connectivity index (χ4v) is 2.46. The van der Waals surface area contributed by atoms with Gasteiger partial charge in [-0.1, -0.05) is 11.6 Å². The highest BCUT2D eigenvalue weighted by Crippen LogP contribution is 2.18. The van der Waals surface area contributed by atoms with Gasteiger partial charge in [-0.15, -0.1) is 0 Å². The van der Waals surface area contributed by atoms with Gasteiger partial charge >= 0.3 is 0 Å². The average molecular weight is 252 g/mol. The van der Waals surface area contributed by atoms with E-state index in [1.54, 1.807) is 6.08 Å². The molecule has 1 aliphatic heterocycles. The summed E-state index contributed by atoms with van der Waals surface area (Å²) < 4.78 is 23.8. The van der Waals surface area contributed by atoms with Crippen LogP contribution in [-0.4, -0.2) is 37.3 Å². The van der Waals surface area contributed by atoms with Crippen molar-refractivity contribution in [2.24, 2.45) is 0 Å². The summed E-state index contributed by atoms with van der Waals surface area (Å²) >= 11 is 5.21. The highest BCUT2D eigenvalue weighted by molar-refractivity contribution is 7.88. The van der Waals surface area contributed by atoms with Gasteiger partial charge in [-0.05, 0) is 24.4 Å². The molecule has 86 valence electrons. The van der Waals surface area contributed by atoms with E-state index in [9.17, 15) is 13.2 Å². The van der Waals surface area contributed by atoms with Gasteiger partial charge in [-0.2, -0.15) is 0 Å². The van der Waals surface area contributed by atoms with Gasteiger partial charge in [0.2, 0.25) is 15.3 Å². The summed E-state index contributed by atoms with van der Waals surface area (Å²) in [5.41, 5.74) is 1.11. The molecule has 0 amide bonds. The summed E-state index contributed by atoms with van der Waals surface area (Å²) in [5.74, 6) is 0. The SMILES string of the molecule is CS(=O)(=O)N1CCC(=CCC(=O)Cl)CC1. The first-order chi connectivity index (χ1) is 6.89. The number of sulfonamides is 1. The van der Waals surface area contributed by atoms with Crippen molar-refractivity contribution in [1.82, 2.24) is 4.31 Å². The van der Waals surface area contributed by atoms with E-state index in [0.29, 0.717) is 25.9 Å². The topological polar surface area (TPSA) is 54.5 Å². The van der Waals surface area contributed by atoms with Crippen molar-refractivity contribution in [2.45, 2.75) is 19.3 Å². The van der Waals surface area contributed by atoms with Crippen molar-refractivity contribution in [3.63, 3.8) is 0 Å². The molecule has 6 heteroatoms. The molecule has 4 nitrogen and oxygen atoms in total. The number of nitrogens with zero attached hydrogens (tertiary/aromatic N) is 1. The second-order valence-corrected chi connectivity index (χ2v) is 5.99. The Bertz CT molecular complexity index is 365. The molecule has 1 fully saturated rings. The Morgan fingerprint density at radius 1 is 1.47 bits per heavy atom. The summed E-state index contributed by atoms with van der Waals surface area (Å²) in [6, 6.07) is 0. The molecule has 0 spiro atoms. The zero-order valence-electron chi connectivity index (χ0n) is 8.57. The molecule has 0 aliphatic carbocycles. The van der Waals surface area contributed by atoms with Gasteiger partial charge in [0.1, 0.15) is 0 Å². The number of carbonyl (C=O) groups excluding carboxylic acids is 1. The zero-order chi connectivity index (χ0) is 11.5. The normalized spacial score (nSPS) is 18.9. The quantitative estimate of drug-likeness (QED) is 0.558. The first-order valence-electron chi connectivity index (χ1n) is 4.71. The second-order valence-electron chi connectivity index (χ2n) is 3.58. The fraction of sp³-hybridized carbons (Fsp3) is 0.667. The number of hydrogen-bond acceptors (Lipinski definition) is 3. The maximum atomic E-state index is 11.2. The minimum Gasteiger partial charge on any atom is -0.281 e. The predicted molar refractivity (Wildman–Crippen MR) is 59.2 cm³/mol. The Hall–Kier alpha value is -0.390. The van der Waals surface area contributed by atoms with Crippen LogP contribution in [0.3, 0.4) is 0 Å². The molecule has 1 heterocycles. The van der Waals surface area contributed by atoms with Gasteiger partial charge < -0.3 is 0 Å². The Labute approximate surface area is 94.9 Å². The highest BCUT2D eigenvalue weighted by atomic mass is 35.5. The third kappa shape index (κ3) is 4.32. The van der Waals surface area contributed by atoms with E-state index in [1.165, 1.54) is 10.6 Å². The minimum absolute atomic E-state index is 0.232. The maximum Gasteiger partial charge on any atom is 0.225 e. The van der Waals surface area contributed by atoms with E-state index >= 15 is 0 Å². The fourth-order valence-electron chi connectivity index (χ4n) is 1.53. The molecule has 0 bridgehead atoms. The van der Waals surface area contributed by atoms with Gasteiger partial charge in [0.25, 0.3) is 0 Å². The summed E-state index contributed by atoms with van der Waals surface area (Å²) in [5, 5.41) is -0.381. The van der Waals surface area contributed by atoms with E-state index in [-0.39, 0.29) is 11.7 Å². The van der Waals surface area contributed by atoms with Crippen molar-refractivity contribution in [1.29, 1.82) is 0 Å². The summed E-state index contributed by atoms with van der Waals surface area (Å²) in [7, 11) is -3.07. The standard InChI is InChI=1S/C9H14ClNO3S/c1-15(13,14)11-6-4-8(5-7-11)2-3-9(10)12/h2H,3-7H2,1H3. The molecular weight excluding hydrogens is 238 g/mol. The second kappa shape index (κ2) is 5.09. The Balaban J connectivity index is 2.49. The molecule has 1 aliphatic rings. The number of rotatable bonds is 3. The van der Waals surface area contributed by atoms with Crippen LogP contribution in [0.5, 0.6) is 0 Å². The molecule has 0 saturated carbocycles. The minimum atomic E-state index is -3.07. The molecule has 0 N–H and O–H groups in total. The lowest BCUT2D eigenvalue weighted by Gasteiger charge is -2.26. The number of piperidine rings is 1. The van der Waals surface area contributed by atoms with E-state index in [1.807, 2.05) is 0 Å². The average Bonchev–Trinajstić information content (AvgIpc) is 2.14. The number of halogens is 1. The lowest BCUT2D eigenvalue weighted by Crippen LogP contribution is -2.35. The third-order valence-electron chi connectivity index (χ3n) is 2.38. The van der Waals surface area contributed by atoms with Crippen LogP contribution in [0.2, 0.25) is 0 Å². The largest absolute Gasteiger partial charge is 0.281 e. The van der Waals surface area contributed by atoms with Crippen molar-refractivity contribution in [3.8, 4) is 0 Å². The molecule has 1 saturated heterocycles. The molecule has 0 unspecified atom stereocenters. The lowest BCUT2D eigenvalue weighted by atomic mass is 10.0. The molecule has 0 atom stereocenters. The summed E-state index contributed by atoms with van der Waals surface area (Å²) in [4.78, 5) is 10.5. The lowest BCUT2D eigenvalue weighted by molar-refractivity contribution is -0.110. The molecule has 0 radical (unpaired) electrons. The van der Waals surface area contributed by atoms with Gasteiger partial charge in [0.15, 0.2) is 0 Å². The summed E-state index contributed by atoms with van der Waals surface area (Å²) in [6.45, 7) is 1.00. The van der Waals surface area contributed by atoms with Crippen molar-refractivity contribution in [3.05, 3.63) is 11.6 Å². The van der Waals surface area contributed by atoms with Crippen LogP contribution in [0.4, 0.5) is 0 Å². The van der Waals surface area contributed by atoms with E-state index < -0.39 is 10.0 Å². The van der Waals surface area contributed by atoms with E-state index in [0.717, 1.165) is 5.57 Å². The number of allylic oxidation sites excluding steroid dienone is 1. The molecular formula is C9H14ClNO3S. The van der Waals surface area contributed by atoms with Gasteiger partial charge in [0.05, 0.1) is 6.26 Å². The van der Waals surface area contributed by atoms with Crippen molar-refractivity contribution >= 4 is 26.9 Å². The first kappa shape index (κ1) is 12.7. The molecule has 0 aromatic carbocycles. The van der Waals surface area contributed by atoms with Crippen LogP contribution in [0, 0.1) is 0 Å². The van der Waals surface area contributed by atoms with Crippen molar-refractivity contribution < 1.29 is 13.2 Å². The maximum absolute atomic E-state index is 11.2. The zero-order valence-corrected chi connectivity index (χ0v) is 10.1. The van der Waals surface area contributed by atoms with Crippen LogP contribution in [0.1, 0.15) is 19.3 Å². The van der Waals surface area contributed by atoms with E-state index in [4.69, 9.17) is 11.6 Å². The Kier molecular flexibility index (Phi) is 4.31. The third-order valence-corrected chi connectivity index (χ3v) is 3.84. The van der Waals surface area contributed by atoms with Crippen LogP contribution < -0.4 is 0 Å². The van der Waals surface area contributed by atoms with Gasteiger partial charge in [0, 0.05) is 19.5 Å². The van der Waals surface area contributed by atoms with Crippen molar-refractivity contribution in [2.75, 3.05) is 19.3 Å². The highest BCUT2D eigenvalue weighted by Gasteiger charge is 2.20. The molecule has 0 aromatic rings. The number of hydrogen-bond donors (Lipinski definition) is 0. The van der Waals surface area contributed by atoms with Crippen LogP contribution in [-0.2, 0) is 14.8 Å². The van der Waals surface area contributed by atoms with Crippen LogP contribution in [0.15, 0.2) is 11.6 Å². The van der Waals surface area contributed by atoms with Crippen LogP contribution in [0.25, 0.3) is 0 Å². The number of carbonyl (C=O) groups is 1. The van der Waals surface area contributed by atoms with Gasteiger partial charge in [-0.3, -0.25) is 4.79 Å². The Morgan fingerprint density at radius 3 is 2.40 bits per heavy atom. The van der Waals surface area contributed by atoms with Gasteiger partial charge in [-0.25, -0.2) is 12.7 Å². The molecule has 0 aromatic heterocycles. The first-order valence-corrected chi connectivity index (χ1v) is 6.93. The smallest absolute Gasteiger partial charge is 0.225 e. The predicted octanol–water partition coefficient (Wildman–Crippen LogP) is 1.12. The van der Waals surface area contributed by atoms with E-state index in [2.05, 4.69) is 0 Å². The molecule has 15 heavy (non-hydrogen) atoms. The Morgan fingerprint density at radius 2 is 2.00 bits per heavy atom. The summed E-state index contributed by atoms with van der Waals surface area (Å²) in [6.07, 6.45) is 4.63. The molecule has 1 rings (SSSR count). The monoisotopic (exact) mass is 251 g/mol.